The number of aromatic nitrogens is 6. The predicted molar refractivity (Wildman–Crippen MR) is 154 cm³/mol. The average molecular weight is 610 g/mol. The molecule has 44 heavy (non-hydrogen) atoms. The van der Waals surface area contributed by atoms with Crippen molar-refractivity contribution in [1.29, 1.82) is 5.26 Å². The van der Waals surface area contributed by atoms with Crippen LogP contribution in [0.15, 0.2) is 43.1 Å². The number of methoxy groups -OCH3 is 1. The van der Waals surface area contributed by atoms with Crippen LogP contribution in [0.5, 0.6) is 5.88 Å². The summed E-state index contributed by atoms with van der Waals surface area (Å²) in [7, 11) is 1.57. The van der Waals surface area contributed by atoms with Gasteiger partial charge in [0.2, 0.25) is 5.88 Å². The van der Waals surface area contributed by atoms with Crippen LogP contribution >= 0.6 is 0 Å². The summed E-state index contributed by atoms with van der Waals surface area (Å²) < 4.78 is 53.5. The highest BCUT2D eigenvalue weighted by atomic mass is 19.4. The Hall–Kier alpha value is -4.06. The fourth-order valence-electron chi connectivity index (χ4n) is 6.25. The number of hydrogen-bond acceptors (Lipinski definition) is 9. The van der Waals surface area contributed by atoms with E-state index in [1.165, 1.54) is 6.33 Å². The summed E-state index contributed by atoms with van der Waals surface area (Å²) in [4.78, 5) is 18.0. The van der Waals surface area contributed by atoms with Crippen LogP contribution in [0.25, 0.3) is 22.3 Å². The first kappa shape index (κ1) is 30.0. The Bertz CT molecular complexity index is 1620. The van der Waals surface area contributed by atoms with Crippen molar-refractivity contribution in [2.75, 3.05) is 33.4 Å². The molecule has 0 radical (unpaired) electrons. The topological polar surface area (TPSA) is 130 Å². The van der Waals surface area contributed by atoms with E-state index < -0.39 is 17.4 Å². The number of nitrogens with zero attached hydrogens (tertiary/aromatic N) is 7. The van der Waals surface area contributed by atoms with Crippen molar-refractivity contribution in [1.82, 2.24) is 39.9 Å². The van der Waals surface area contributed by atoms with Crippen molar-refractivity contribution in [2.24, 2.45) is 0 Å². The number of nitrogens with one attached hydrogen (secondary N) is 2. The van der Waals surface area contributed by atoms with Crippen molar-refractivity contribution in [3.05, 3.63) is 54.4 Å². The molecule has 0 bridgehead atoms. The van der Waals surface area contributed by atoms with E-state index in [1.807, 2.05) is 23.1 Å². The Kier molecular flexibility index (Phi) is 8.53. The molecule has 232 valence electrons. The first-order valence-electron chi connectivity index (χ1n) is 14.7. The molecular formula is C30H34F3N9O2. The number of piperidine rings is 1. The van der Waals surface area contributed by atoms with Gasteiger partial charge in [0.05, 0.1) is 36.5 Å². The minimum Gasteiger partial charge on any atom is -0.474 e. The zero-order valence-electron chi connectivity index (χ0n) is 24.3. The highest BCUT2D eigenvalue weighted by Gasteiger charge is 2.49. The molecular weight excluding hydrogens is 575 g/mol. The molecule has 4 aromatic heterocycles. The van der Waals surface area contributed by atoms with Crippen LogP contribution in [0.4, 0.5) is 13.2 Å². The van der Waals surface area contributed by atoms with Crippen LogP contribution in [-0.4, -0.2) is 80.1 Å². The molecule has 2 aliphatic rings. The minimum absolute atomic E-state index is 0.00594. The van der Waals surface area contributed by atoms with Gasteiger partial charge in [-0.2, -0.15) is 23.5 Å². The van der Waals surface area contributed by atoms with Gasteiger partial charge in [0.15, 0.2) is 0 Å². The Morgan fingerprint density at radius 3 is 2.77 bits per heavy atom. The number of rotatable bonds is 11. The number of likely N-dealkylation sites (tertiary alicyclic amines) is 1. The highest BCUT2D eigenvalue weighted by molar-refractivity contribution is 5.90. The molecule has 0 amide bonds. The Balaban J connectivity index is 1.07. The van der Waals surface area contributed by atoms with Crippen LogP contribution in [0.2, 0.25) is 0 Å². The Labute approximate surface area is 252 Å². The number of halogens is 3. The molecule has 2 fully saturated rings. The zero-order chi connectivity index (χ0) is 30.7. The normalized spacial score (nSPS) is 21.3. The summed E-state index contributed by atoms with van der Waals surface area (Å²) in [5, 5.41) is 18.3. The quantitative estimate of drug-likeness (QED) is 0.239. The second-order valence-electron chi connectivity index (χ2n) is 11.5. The van der Waals surface area contributed by atoms with E-state index in [0.717, 1.165) is 54.3 Å². The van der Waals surface area contributed by atoms with Crippen LogP contribution in [0, 0.1) is 11.3 Å². The number of hydrogen-bond donors (Lipinski definition) is 2. The molecule has 2 N–H and O–H groups in total. The molecule has 11 nitrogen and oxygen atoms in total. The van der Waals surface area contributed by atoms with Gasteiger partial charge in [0.1, 0.15) is 23.8 Å². The van der Waals surface area contributed by atoms with Gasteiger partial charge in [-0.15, -0.1) is 0 Å². The molecule has 1 aliphatic heterocycles. The first-order chi connectivity index (χ1) is 21.3. The number of pyridine rings is 1. The molecule has 1 aliphatic carbocycles. The van der Waals surface area contributed by atoms with Gasteiger partial charge >= 0.3 is 6.18 Å². The number of H-pyrrole nitrogens is 1. The van der Waals surface area contributed by atoms with Gasteiger partial charge < -0.3 is 19.8 Å². The van der Waals surface area contributed by atoms with Crippen LogP contribution in [0.1, 0.15) is 43.4 Å². The summed E-state index contributed by atoms with van der Waals surface area (Å²) in [5.74, 6) is -0.00594. The number of alkyl halides is 3. The maximum atomic E-state index is 13.5. The predicted octanol–water partition coefficient (Wildman–Crippen LogP) is 4.29. The zero-order valence-corrected chi connectivity index (χ0v) is 24.3. The van der Waals surface area contributed by atoms with Crippen molar-refractivity contribution < 1.29 is 22.6 Å². The Morgan fingerprint density at radius 2 is 2.02 bits per heavy atom. The van der Waals surface area contributed by atoms with Crippen molar-refractivity contribution in [3.63, 3.8) is 0 Å². The second-order valence-corrected chi connectivity index (χ2v) is 11.5. The monoisotopic (exact) mass is 609 g/mol. The van der Waals surface area contributed by atoms with Crippen LogP contribution in [-0.2, 0) is 23.0 Å². The fraction of sp³-hybridized carbons (Fsp3) is 0.500. The maximum Gasteiger partial charge on any atom is 0.433 e. The lowest BCUT2D eigenvalue weighted by Crippen LogP contribution is -2.58. The van der Waals surface area contributed by atoms with Gasteiger partial charge in [0.25, 0.3) is 0 Å². The summed E-state index contributed by atoms with van der Waals surface area (Å²) in [6.07, 6.45) is 5.56. The summed E-state index contributed by atoms with van der Waals surface area (Å²) in [5.41, 5.74) is 1.51. The maximum absolute atomic E-state index is 13.5. The lowest BCUT2D eigenvalue weighted by molar-refractivity contribution is -0.141. The molecule has 6 rings (SSSR count). The van der Waals surface area contributed by atoms with Crippen molar-refractivity contribution in [3.8, 4) is 23.2 Å². The molecule has 0 spiro atoms. The van der Waals surface area contributed by atoms with E-state index in [2.05, 4.69) is 41.3 Å². The largest absolute Gasteiger partial charge is 0.474 e. The highest BCUT2D eigenvalue weighted by Crippen LogP contribution is 2.45. The van der Waals surface area contributed by atoms with Crippen molar-refractivity contribution in [2.45, 2.75) is 62.5 Å². The third-order valence-corrected chi connectivity index (χ3v) is 8.58. The van der Waals surface area contributed by atoms with Gasteiger partial charge in [-0.05, 0) is 43.4 Å². The summed E-state index contributed by atoms with van der Waals surface area (Å²) in [6.45, 7) is 2.73. The number of ether oxygens (including phenoxy) is 2. The smallest absolute Gasteiger partial charge is 0.433 e. The molecule has 0 unspecified atom stereocenters. The standard InChI is InChI=1S/C30H34F3N9O2/c1-43-11-8-35-16-20-12-25(30(31,32)33)40-26(13-20)44-23-3-9-41(10-4-23)22-14-29(15-22,5-6-34)42-18-21(17-39-42)27-24-2-7-36-28(24)38-19-37-27/h2,7,12-13,17-19,22-23,35H,3-5,8-11,14-16H2,1H3,(H,36,37,38). The van der Waals surface area contributed by atoms with E-state index in [1.54, 1.807) is 19.4 Å². The van der Waals surface area contributed by atoms with Crippen LogP contribution in [0.3, 0.4) is 0 Å². The number of aromatic amines is 1. The molecule has 5 heterocycles. The lowest BCUT2D eigenvalue weighted by Gasteiger charge is -2.52. The minimum atomic E-state index is -4.57. The lowest BCUT2D eigenvalue weighted by atomic mass is 9.69. The fourth-order valence-corrected chi connectivity index (χ4v) is 6.25. The molecule has 0 aromatic carbocycles. The van der Waals surface area contributed by atoms with E-state index in [-0.39, 0.29) is 24.6 Å². The summed E-state index contributed by atoms with van der Waals surface area (Å²) in [6, 6.07) is 7.19. The third-order valence-electron chi connectivity index (χ3n) is 8.58. The third kappa shape index (κ3) is 6.26. The SMILES string of the molecule is COCCNCc1cc(OC2CCN(C3CC(CC#N)(n4cc(-c5ncnc6[nH]ccc56)cn4)C3)CC2)nc(C(F)(F)F)c1. The van der Waals surface area contributed by atoms with Gasteiger partial charge in [-0.25, -0.2) is 15.0 Å². The van der Waals surface area contributed by atoms with Crippen LogP contribution < -0.4 is 10.1 Å². The van der Waals surface area contributed by atoms with E-state index in [9.17, 15) is 18.4 Å². The molecule has 1 saturated carbocycles. The molecule has 0 atom stereocenters. The average Bonchev–Trinajstić information content (AvgIpc) is 3.68. The first-order valence-corrected chi connectivity index (χ1v) is 14.7. The molecule has 14 heteroatoms. The van der Waals surface area contributed by atoms with Gasteiger partial charge in [0, 0.05) is 68.7 Å². The van der Waals surface area contributed by atoms with E-state index in [4.69, 9.17) is 9.47 Å². The number of fused-ring (bicyclic) bond motifs is 1. The van der Waals surface area contributed by atoms with Crippen molar-refractivity contribution >= 4 is 11.0 Å². The van der Waals surface area contributed by atoms with E-state index >= 15 is 0 Å². The second kappa shape index (κ2) is 12.5. The van der Waals surface area contributed by atoms with Gasteiger partial charge in [-0.3, -0.25) is 9.58 Å². The van der Waals surface area contributed by atoms with E-state index in [0.29, 0.717) is 38.0 Å². The number of nitriles is 1. The Morgan fingerprint density at radius 1 is 1.20 bits per heavy atom. The molecule has 1 saturated heterocycles. The summed E-state index contributed by atoms with van der Waals surface area (Å²) >= 11 is 0. The molecule has 4 aromatic rings. The van der Waals surface area contributed by atoms with Gasteiger partial charge in [-0.1, -0.05) is 0 Å².